The van der Waals surface area contributed by atoms with Gasteiger partial charge in [0.05, 0.1) is 12.6 Å². The molecular weight excluding hydrogens is 154 g/mol. The summed E-state index contributed by atoms with van der Waals surface area (Å²) in [7, 11) is 0. The molecule has 1 saturated heterocycles. The zero-order valence-corrected chi connectivity index (χ0v) is 6.18. The van der Waals surface area contributed by atoms with Crippen molar-refractivity contribution < 1.29 is 13.6 Å². The van der Waals surface area contributed by atoms with Crippen LogP contribution in [0.1, 0.15) is 6.92 Å². The summed E-state index contributed by atoms with van der Waals surface area (Å²) < 4.78 is 25.3. The van der Waals surface area contributed by atoms with Crippen molar-refractivity contribution in [3.8, 4) is 0 Å². The van der Waals surface area contributed by atoms with Gasteiger partial charge in [0.2, 0.25) is 5.91 Å². The van der Waals surface area contributed by atoms with Crippen LogP contribution in [0.4, 0.5) is 8.78 Å². The number of rotatable bonds is 0. The number of carbonyl (C=O) groups is 1. The van der Waals surface area contributed by atoms with E-state index in [0.717, 1.165) is 4.90 Å². The van der Waals surface area contributed by atoms with Gasteiger partial charge in [-0.3, -0.25) is 4.79 Å². The molecular formula is C6H10F2N2O. The molecule has 5 heteroatoms. The van der Waals surface area contributed by atoms with Crippen LogP contribution >= 0.6 is 0 Å². The van der Waals surface area contributed by atoms with E-state index in [9.17, 15) is 13.6 Å². The Morgan fingerprint density at radius 3 is 2.45 bits per heavy atom. The summed E-state index contributed by atoms with van der Waals surface area (Å²) in [5, 5.41) is 0. The van der Waals surface area contributed by atoms with Gasteiger partial charge in [0.1, 0.15) is 0 Å². The van der Waals surface area contributed by atoms with Crippen LogP contribution in [-0.2, 0) is 4.79 Å². The number of nitrogens with zero attached hydrogens (tertiary/aromatic N) is 1. The van der Waals surface area contributed by atoms with Crippen molar-refractivity contribution in [2.24, 2.45) is 5.73 Å². The van der Waals surface area contributed by atoms with Gasteiger partial charge in [-0.15, -0.1) is 0 Å². The van der Waals surface area contributed by atoms with Crippen LogP contribution in [0.2, 0.25) is 0 Å². The van der Waals surface area contributed by atoms with Gasteiger partial charge < -0.3 is 10.6 Å². The van der Waals surface area contributed by atoms with Crippen molar-refractivity contribution in [3.05, 3.63) is 0 Å². The zero-order valence-electron chi connectivity index (χ0n) is 6.18. The van der Waals surface area contributed by atoms with E-state index >= 15 is 0 Å². The van der Waals surface area contributed by atoms with Crippen LogP contribution in [0.15, 0.2) is 0 Å². The minimum absolute atomic E-state index is 0.0394. The Morgan fingerprint density at radius 1 is 1.73 bits per heavy atom. The molecule has 1 aliphatic rings. The highest BCUT2D eigenvalue weighted by molar-refractivity contribution is 5.73. The lowest BCUT2D eigenvalue weighted by atomic mass is 10.2. The van der Waals surface area contributed by atoms with E-state index in [2.05, 4.69) is 0 Å². The van der Waals surface area contributed by atoms with E-state index in [0.29, 0.717) is 0 Å². The molecule has 0 aromatic rings. The molecule has 3 nitrogen and oxygen atoms in total. The second-order valence-electron chi connectivity index (χ2n) is 2.77. The molecule has 0 saturated carbocycles. The van der Waals surface area contributed by atoms with Gasteiger partial charge in [0, 0.05) is 13.5 Å². The molecule has 0 radical (unpaired) electrons. The first kappa shape index (κ1) is 8.39. The summed E-state index contributed by atoms with van der Waals surface area (Å²) >= 11 is 0. The van der Waals surface area contributed by atoms with Crippen molar-refractivity contribution in [3.63, 3.8) is 0 Å². The average molecular weight is 164 g/mol. The van der Waals surface area contributed by atoms with Crippen LogP contribution in [-0.4, -0.2) is 35.9 Å². The summed E-state index contributed by atoms with van der Waals surface area (Å²) in [6.45, 7) is 0.681. The maximum atomic E-state index is 12.6. The number of nitrogens with two attached hydrogens (primary N) is 1. The summed E-state index contributed by atoms with van der Waals surface area (Å²) in [5.74, 6) is -3.26. The van der Waals surface area contributed by atoms with Gasteiger partial charge in [-0.1, -0.05) is 0 Å². The van der Waals surface area contributed by atoms with Gasteiger partial charge in [-0.2, -0.15) is 0 Å². The molecule has 1 aliphatic heterocycles. The standard InChI is InChI=1S/C6H10F2N2O/c1-4(11)10-2-5(9)6(7,8)3-10/h5H,2-3,9H2,1H3/t5-/m0/s1. The Kier molecular flexibility index (Phi) is 1.83. The topological polar surface area (TPSA) is 46.3 Å². The first-order chi connectivity index (χ1) is 4.93. The molecule has 1 fully saturated rings. The van der Waals surface area contributed by atoms with Crippen molar-refractivity contribution in [1.82, 2.24) is 4.90 Å². The van der Waals surface area contributed by atoms with Gasteiger partial charge in [0.15, 0.2) is 0 Å². The maximum Gasteiger partial charge on any atom is 0.281 e. The van der Waals surface area contributed by atoms with Crippen molar-refractivity contribution in [2.45, 2.75) is 18.9 Å². The minimum atomic E-state index is -2.91. The molecule has 64 valence electrons. The van der Waals surface area contributed by atoms with E-state index in [4.69, 9.17) is 5.73 Å². The Balaban J connectivity index is 2.64. The highest BCUT2D eigenvalue weighted by atomic mass is 19.3. The largest absolute Gasteiger partial charge is 0.335 e. The Hall–Kier alpha value is -0.710. The summed E-state index contributed by atoms with van der Waals surface area (Å²) in [5.41, 5.74) is 5.10. The van der Waals surface area contributed by atoms with Gasteiger partial charge in [-0.25, -0.2) is 8.78 Å². The van der Waals surface area contributed by atoms with Gasteiger partial charge in [0.25, 0.3) is 5.92 Å². The highest BCUT2D eigenvalue weighted by Crippen LogP contribution is 2.25. The molecule has 0 unspecified atom stereocenters. The molecule has 2 N–H and O–H groups in total. The fraction of sp³-hybridized carbons (Fsp3) is 0.833. The predicted octanol–water partition coefficient (Wildman–Crippen LogP) is -0.189. The highest BCUT2D eigenvalue weighted by Gasteiger charge is 2.46. The fourth-order valence-corrected chi connectivity index (χ4v) is 1.05. The lowest BCUT2D eigenvalue weighted by Gasteiger charge is -2.12. The third-order valence-corrected chi connectivity index (χ3v) is 1.81. The maximum absolute atomic E-state index is 12.6. The third kappa shape index (κ3) is 1.48. The van der Waals surface area contributed by atoms with Crippen molar-refractivity contribution in [2.75, 3.05) is 13.1 Å². The molecule has 0 spiro atoms. The molecule has 1 heterocycles. The first-order valence-corrected chi connectivity index (χ1v) is 3.32. The number of alkyl halides is 2. The number of hydrogen-bond acceptors (Lipinski definition) is 2. The lowest BCUT2D eigenvalue weighted by molar-refractivity contribution is -0.129. The van der Waals surface area contributed by atoms with Crippen LogP contribution in [0.3, 0.4) is 0 Å². The fourth-order valence-electron chi connectivity index (χ4n) is 1.05. The van der Waals surface area contributed by atoms with E-state index in [1.807, 2.05) is 0 Å². The van der Waals surface area contributed by atoms with Crippen LogP contribution in [0, 0.1) is 0 Å². The third-order valence-electron chi connectivity index (χ3n) is 1.81. The van der Waals surface area contributed by atoms with Crippen LogP contribution in [0.5, 0.6) is 0 Å². The van der Waals surface area contributed by atoms with E-state index in [-0.39, 0.29) is 12.5 Å². The molecule has 0 aliphatic carbocycles. The Bertz CT molecular complexity index is 183. The predicted molar refractivity (Wildman–Crippen MR) is 35.2 cm³/mol. The number of hydrogen-bond donors (Lipinski definition) is 1. The molecule has 0 aromatic heterocycles. The molecule has 1 rings (SSSR count). The van der Waals surface area contributed by atoms with Crippen LogP contribution in [0.25, 0.3) is 0 Å². The van der Waals surface area contributed by atoms with Gasteiger partial charge in [-0.05, 0) is 0 Å². The Labute approximate surface area is 63.2 Å². The number of halogens is 2. The first-order valence-electron chi connectivity index (χ1n) is 3.32. The lowest BCUT2D eigenvalue weighted by Crippen LogP contribution is -2.38. The molecule has 11 heavy (non-hydrogen) atoms. The summed E-state index contributed by atoms with van der Waals surface area (Å²) in [6.07, 6.45) is 0. The normalized spacial score (nSPS) is 29.1. The number of amides is 1. The van der Waals surface area contributed by atoms with Crippen molar-refractivity contribution >= 4 is 5.91 Å². The second-order valence-corrected chi connectivity index (χ2v) is 2.77. The molecule has 0 aromatic carbocycles. The van der Waals surface area contributed by atoms with Gasteiger partial charge >= 0.3 is 0 Å². The van der Waals surface area contributed by atoms with E-state index in [1.165, 1.54) is 6.92 Å². The average Bonchev–Trinajstić information content (AvgIpc) is 2.08. The quantitative estimate of drug-likeness (QED) is 0.539. The zero-order chi connectivity index (χ0) is 8.65. The minimum Gasteiger partial charge on any atom is -0.335 e. The second kappa shape index (κ2) is 2.41. The van der Waals surface area contributed by atoms with Crippen molar-refractivity contribution in [1.29, 1.82) is 0 Å². The molecule has 1 amide bonds. The molecule has 1 atom stereocenters. The summed E-state index contributed by atoms with van der Waals surface area (Å²) in [4.78, 5) is 11.7. The van der Waals surface area contributed by atoms with Crippen LogP contribution < -0.4 is 5.73 Å². The number of carbonyl (C=O) groups excluding carboxylic acids is 1. The van der Waals surface area contributed by atoms with E-state index < -0.39 is 18.5 Å². The van der Waals surface area contributed by atoms with E-state index in [1.54, 1.807) is 0 Å². The Morgan fingerprint density at radius 2 is 2.27 bits per heavy atom. The molecule has 0 bridgehead atoms. The monoisotopic (exact) mass is 164 g/mol. The number of likely N-dealkylation sites (tertiary alicyclic amines) is 1. The smallest absolute Gasteiger partial charge is 0.281 e. The SMILES string of the molecule is CC(=O)N1C[C@H](N)C(F)(F)C1. The summed E-state index contributed by atoms with van der Waals surface area (Å²) in [6, 6.07) is -1.20.